The lowest BCUT2D eigenvalue weighted by atomic mass is 9.91. The highest BCUT2D eigenvalue weighted by Gasteiger charge is 2.36. The molecular formula is C17H19FN4O3. The zero-order chi connectivity index (χ0) is 17.4. The van der Waals surface area contributed by atoms with Gasteiger partial charge in [0.15, 0.2) is 5.69 Å². The first-order valence-corrected chi connectivity index (χ1v) is 8.23. The maximum absolute atomic E-state index is 13.8. The first-order valence-electron chi connectivity index (χ1n) is 8.23. The molecule has 2 aromatic rings. The smallest absolute Gasteiger partial charge is 0.276 e. The quantitative estimate of drug-likeness (QED) is 0.833. The Morgan fingerprint density at radius 2 is 2.12 bits per heavy atom. The third-order valence-electron chi connectivity index (χ3n) is 4.89. The van der Waals surface area contributed by atoms with E-state index < -0.39 is 0 Å². The van der Waals surface area contributed by atoms with Crippen LogP contribution in [0.4, 0.5) is 4.39 Å². The summed E-state index contributed by atoms with van der Waals surface area (Å²) in [6, 6.07) is 6.61. The summed E-state index contributed by atoms with van der Waals surface area (Å²) in [5.74, 6) is -0.384. The van der Waals surface area contributed by atoms with Crippen LogP contribution in [0.3, 0.4) is 0 Å². The average Bonchev–Trinajstić information content (AvgIpc) is 3.23. The lowest BCUT2D eigenvalue weighted by Crippen LogP contribution is -2.48. The number of carbonyl (C=O) groups is 1. The van der Waals surface area contributed by atoms with Crippen molar-refractivity contribution < 1.29 is 18.7 Å². The Balaban J connectivity index is 1.41. The van der Waals surface area contributed by atoms with Crippen molar-refractivity contribution in [2.45, 2.75) is 18.1 Å². The first kappa shape index (κ1) is 16.2. The van der Waals surface area contributed by atoms with Gasteiger partial charge in [-0.2, -0.15) is 0 Å². The van der Waals surface area contributed by atoms with Gasteiger partial charge in [-0.15, -0.1) is 5.10 Å². The van der Waals surface area contributed by atoms with Crippen molar-refractivity contribution in [2.24, 2.45) is 0 Å². The monoisotopic (exact) mass is 346 g/mol. The number of methoxy groups -OCH3 is 1. The summed E-state index contributed by atoms with van der Waals surface area (Å²) >= 11 is 0. The molecule has 2 atom stereocenters. The highest BCUT2D eigenvalue weighted by atomic mass is 19.1. The number of carbonyl (C=O) groups excluding carboxylic acids is 1. The minimum atomic E-state index is -0.225. The predicted molar refractivity (Wildman–Crippen MR) is 85.7 cm³/mol. The topological polar surface area (TPSA) is 69.5 Å². The van der Waals surface area contributed by atoms with Crippen LogP contribution in [0, 0.1) is 5.82 Å². The summed E-state index contributed by atoms with van der Waals surface area (Å²) in [7, 11) is 1.62. The molecule has 7 nitrogen and oxygen atoms in total. The van der Waals surface area contributed by atoms with Gasteiger partial charge in [0, 0.05) is 26.1 Å². The number of nitrogens with zero attached hydrogens (tertiary/aromatic N) is 4. The molecule has 4 rings (SSSR count). The maximum atomic E-state index is 13.8. The van der Waals surface area contributed by atoms with Crippen LogP contribution in [-0.4, -0.2) is 65.3 Å². The van der Waals surface area contributed by atoms with Crippen molar-refractivity contribution in [3.8, 4) is 0 Å². The second kappa shape index (κ2) is 6.53. The van der Waals surface area contributed by atoms with Crippen LogP contribution in [0.15, 0.2) is 30.5 Å². The van der Waals surface area contributed by atoms with E-state index >= 15 is 0 Å². The lowest BCUT2D eigenvalue weighted by Gasteiger charge is -2.39. The Morgan fingerprint density at radius 1 is 1.32 bits per heavy atom. The van der Waals surface area contributed by atoms with Crippen LogP contribution < -0.4 is 0 Å². The standard InChI is InChI=1S/C17H19FN4O3/c1-24-16-10-25-9-15(16)22-8-14(19-20-22)17(23)21-6-11(7-21)12-4-2-3-5-13(12)18/h2-5,8,11,15-16H,6-7,9-10H2,1H3/t15-,16-/m1/s1. The zero-order valence-corrected chi connectivity index (χ0v) is 13.8. The van der Waals surface area contributed by atoms with Gasteiger partial charge in [-0.1, -0.05) is 23.4 Å². The molecule has 132 valence electrons. The van der Waals surface area contributed by atoms with Gasteiger partial charge in [0.2, 0.25) is 0 Å². The van der Waals surface area contributed by atoms with Crippen LogP contribution in [-0.2, 0) is 9.47 Å². The number of likely N-dealkylation sites (tertiary alicyclic amines) is 1. The number of rotatable bonds is 4. The molecule has 0 bridgehead atoms. The number of benzene rings is 1. The summed E-state index contributed by atoms with van der Waals surface area (Å²) in [5.41, 5.74) is 0.940. The molecule has 0 saturated carbocycles. The molecule has 0 unspecified atom stereocenters. The lowest BCUT2D eigenvalue weighted by molar-refractivity contribution is 0.0592. The number of hydrogen-bond donors (Lipinski definition) is 0. The fourth-order valence-electron chi connectivity index (χ4n) is 3.34. The van der Waals surface area contributed by atoms with Crippen LogP contribution in [0.25, 0.3) is 0 Å². The molecule has 2 saturated heterocycles. The number of aromatic nitrogens is 3. The van der Waals surface area contributed by atoms with Gasteiger partial charge in [-0.3, -0.25) is 4.79 Å². The number of halogens is 1. The molecule has 2 aliphatic heterocycles. The van der Waals surface area contributed by atoms with E-state index in [0.29, 0.717) is 31.9 Å². The summed E-state index contributed by atoms with van der Waals surface area (Å²) in [6.45, 7) is 1.95. The Labute approximate surface area is 144 Å². The molecule has 0 N–H and O–H groups in total. The van der Waals surface area contributed by atoms with Crippen LogP contribution in [0.1, 0.15) is 28.0 Å². The van der Waals surface area contributed by atoms with E-state index in [-0.39, 0.29) is 35.5 Å². The highest BCUT2D eigenvalue weighted by molar-refractivity contribution is 5.92. The zero-order valence-electron chi connectivity index (χ0n) is 13.8. The van der Waals surface area contributed by atoms with Crippen molar-refractivity contribution >= 4 is 5.91 Å². The van der Waals surface area contributed by atoms with Crippen molar-refractivity contribution in [3.05, 3.63) is 47.5 Å². The number of hydrogen-bond acceptors (Lipinski definition) is 5. The van der Waals surface area contributed by atoms with Crippen LogP contribution in [0.5, 0.6) is 0 Å². The largest absolute Gasteiger partial charge is 0.377 e. The van der Waals surface area contributed by atoms with E-state index in [0.717, 1.165) is 0 Å². The Hall–Kier alpha value is -2.32. The molecule has 1 aromatic carbocycles. The Morgan fingerprint density at radius 3 is 2.88 bits per heavy atom. The second-order valence-corrected chi connectivity index (χ2v) is 6.39. The summed E-state index contributed by atoms with van der Waals surface area (Å²) in [6.07, 6.45) is 1.53. The molecule has 8 heteroatoms. The normalized spacial score (nSPS) is 23.7. The number of ether oxygens (including phenoxy) is 2. The van der Waals surface area contributed by atoms with Crippen molar-refractivity contribution in [1.29, 1.82) is 0 Å². The Kier molecular flexibility index (Phi) is 4.22. The van der Waals surface area contributed by atoms with Crippen molar-refractivity contribution in [1.82, 2.24) is 19.9 Å². The highest BCUT2D eigenvalue weighted by Crippen LogP contribution is 2.30. The summed E-state index contributed by atoms with van der Waals surface area (Å²) in [4.78, 5) is 14.2. The summed E-state index contributed by atoms with van der Waals surface area (Å²) in [5, 5.41) is 8.03. The number of amides is 1. The van der Waals surface area contributed by atoms with Gasteiger partial charge in [-0.25, -0.2) is 9.07 Å². The van der Waals surface area contributed by atoms with E-state index in [2.05, 4.69) is 10.3 Å². The second-order valence-electron chi connectivity index (χ2n) is 6.39. The van der Waals surface area contributed by atoms with Gasteiger partial charge in [0.05, 0.1) is 19.4 Å². The molecule has 25 heavy (non-hydrogen) atoms. The molecular weight excluding hydrogens is 327 g/mol. The SMILES string of the molecule is CO[C@@H]1COC[C@H]1n1cc(C(=O)N2CC(c3ccccc3F)C2)nn1. The minimum absolute atomic E-state index is 0.0290. The molecule has 2 fully saturated rings. The first-order chi connectivity index (χ1) is 12.2. The molecule has 1 aromatic heterocycles. The molecule has 0 aliphatic carbocycles. The fraction of sp³-hybridized carbons (Fsp3) is 0.471. The van der Waals surface area contributed by atoms with Crippen LogP contribution >= 0.6 is 0 Å². The molecule has 3 heterocycles. The minimum Gasteiger partial charge on any atom is -0.377 e. The van der Waals surface area contributed by atoms with Crippen molar-refractivity contribution in [3.63, 3.8) is 0 Å². The molecule has 0 spiro atoms. The van der Waals surface area contributed by atoms with Gasteiger partial charge in [-0.05, 0) is 11.6 Å². The van der Waals surface area contributed by atoms with Gasteiger partial charge < -0.3 is 14.4 Å². The van der Waals surface area contributed by atoms with Gasteiger partial charge in [0.25, 0.3) is 5.91 Å². The molecule has 2 aliphatic rings. The summed E-state index contributed by atoms with van der Waals surface area (Å²) < 4.78 is 26.2. The van der Waals surface area contributed by atoms with Gasteiger partial charge in [0.1, 0.15) is 18.0 Å². The third-order valence-corrected chi connectivity index (χ3v) is 4.89. The van der Waals surface area contributed by atoms with Crippen LogP contribution in [0.2, 0.25) is 0 Å². The van der Waals surface area contributed by atoms with E-state index in [1.54, 1.807) is 35.0 Å². The van der Waals surface area contributed by atoms with E-state index in [1.165, 1.54) is 6.07 Å². The van der Waals surface area contributed by atoms with Crippen molar-refractivity contribution in [2.75, 3.05) is 33.4 Å². The predicted octanol–water partition coefficient (Wildman–Crippen LogP) is 1.24. The van der Waals surface area contributed by atoms with E-state index in [9.17, 15) is 9.18 Å². The average molecular weight is 346 g/mol. The fourth-order valence-corrected chi connectivity index (χ4v) is 3.34. The van der Waals surface area contributed by atoms with Gasteiger partial charge >= 0.3 is 0 Å². The maximum Gasteiger partial charge on any atom is 0.276 e. The third kappa shape index (κ3) is 2.91. The molecule has 0 radical (unpaired) electrons. The van der Waals surface area contributed by atoms with E-state index in [1.807, 2.05) is 6.07 Å². The van der Waals surface area contributed by atoms with E-state index in [4.69, 9.17) is 9.47 Å². The Bertz CT molecular complexity index is 775. The molecule has 1 amide bonds.